The monoisotopic (exact) mass is 318 g/mol. The molecule has 1 amide bonds. The Morgan fingerprint density at radius 2 is 2.00 bits per heavy atom. The molecule has 0 radical (unpaired) electrons. The second-order valence-corrected chi connectivity index (χ2v) is 4.99. The molecular formula is C15H12F2N4O2. The fourth-order valence-electron chi connectivity index (χ4n) is 2.16. The Labute approximate surface area is 128 Å². The first-order chi connectivity index (χ1) is 10.9. The van der Waals surface area contributed by atoms with Crippen molar-refractivity contribution in [1.29, 1.82) is 0 Å². The van der Waals surface area contributed by atoms with Crippen molar-refractivity contribution in [2.24, 2.45) is 0 Å². The third-order valence-electron chi connectivity index (χ3n) is 3.26. The van der Waals surface area contributed by atoms with Gasteiger partial charge >= 0.3 is 0 Å². The summed E-state index contributed by atoms with van der Waals surface area (Å²) in [5.74, 6) is -1.02. The van der Waals surface area contributed by atoms with Crippen molar-refractivity contribution in [2.45, 2.75) is 13.3 Å². The third kappa shape index (κ3) is 2.96. The van der Waals surface area contributed by atoms with E-state index in [-0.39, 0.29) is 5.56 Å². The quantitative estimate of drug-likeness (QED) is 0.693. The molecule has 2 aromatic heterocycles. The molecule has 0 saturated carbocycles. The van der Waals surface area contributed by atoms with Crippen molar-refractivity contribution in [3.05, 3.63) is 57.8 Å². The van der Waals surface area contributed by atoms with E-state index in [0.717, 1.165) is 0 Å². The lowest BCUT2D eigenvalue weighted by Gasteiger charge is -2.05. The minimum atomic E-state index is -2.70. The molecular weight excluding hydrogens is 306 g/mol. The number of imidazole rings is 1. The van der Waals surface area contributed by atoms with Crippen LogP contribution in [-0.2, 0) is 0 Å². The number of benzene rings is 1. The molecule has 0 aliphatic carbocycles. The van der Waals surface area contributed by atoms with Gasteiger partial charge in [-0.15, -0.1) is 0 Å². The summed E-state index contributed by atoms with van der Waals surface area (Å²) in [5.41, 5.74) is 1.22. The number of hydrogen-bond acceptors (Lipinski definition) is 3. The molecule has 0 saturated heterocycles. The number of fused-ring (bicyclic) bond motifs is 1. The Morgan fingerprint density at radius 1 is 1.22 bits per heavy atom. The van der Waals surface area contributed by atoms with Crippen LogP contribution in [0.3, 0.4) is 0 Å². The van der Waals surface area contributed by atoms with Crippen molar-refractivity contribution in [3.63, 3.8) is 0 Å². The molecule has 3 N–H and O–H groups in total. The highest BCUT2D eigenvalue weighted by atomic mass is 19.3. The molecule has 8 heteroatoms. The van der Waals surface area contributed by atoms with Gasteiger partial charge in [0.1, 0.15) is 5.56 Å². The van der Waals surface area contributed by atoms with E-state index in [9.17, 15) is 18.4 Å². The maximum atomic E-state index is 12.6. The van der Waals surface area contributed by atoms with Gasteiger partial charge in [-0.25, -0.2) is 13.8 Å². The highest BCUT2D eigenvalue weighted by molar-refractivity contribution is 6.04. The SMILES string of the molecule is Cc1ccc(C(=O)Nc2ccc3nc(C(F)F)[nH]c3c2)c(=O)[nH]1. The van der Waals surface area contributed by atoms with E-state index < -0.39 is 23.7 Å². The van der Waals surface area contributed by atoms with Crippen molar-refractivity contribution in [3.8, 4) is 0 Å². The molecule has 0 atom stereocenters. The van der Waals surface area contributed by atoms with Crippen molar-refractivity contribution in [1.82, 2.24) is 15.0 Å². The normalized spacial score (nSPS) is 11.1. The highest BCUT2D eigenvalue weighted by Gasteiger charge is 2.14. The van der Waals surface area contributed by atoms with Crippen LogP contribution in [-0.4, -0.2) is 20.9 Å². The molecule has 118 valence electrons. The molecule has 3 rings (SSSR count). The number of alkyl halides is 2. The van der Waals surface area contributed by atoms with Crippen LogP contribution in [0.2, 0.25) is 0 Å². The van der Waals surface area contributed by atoms with Crippen molar-refractivity contribution >= 4 is 22.6 Å². The molecule has 23 heavy (non-hydrogen) atoms. The van der Waals surface area contributed by atoms with Crippen LogP contribution in [0, 0.1) is 6.92 Å². The summed E-state index contributed by atoms with van der Waals surface area (Å²) in [6, 6.07) is 7.55. The average Bonchev–Trinajstić information content (AvgIpc) is 2.90. The number of H-pyrrole nitrogens is 2. The molecule has 6 nitrogen and oxygen atoms in total. The number of aromatic nitrogens is 3. The summed E-state index contributed by atoms with van der Waals surface area (Å²) < 4.78 is 25.2. The number of aromatic amines is 2. The smallest absolute Gasteiger partial charge is 0.295 e. The second kappa shape index (κ2) is 5.64. The summed E-state index contributed by atoms with van der Waals surface area (Å²) in [4.78, 5) is 32.6. The first-order valence-corrected chi connectivity index (χ1v) is 6.73. The predicted octanol–water partition coefficient (Wildman–Crippen LogP) is 2.75. The van der Waals surface area contributed by atoms with Gasteiger partial charge in [0.05, 0.1) is 11.0 Å². The van der Waals surface area contributed by atoms with Gasteiger partial charge in [-0.3, -0.25) is 9.59 Å². The number of anilines is 1. The Kier molecular flexibility index (Phi) is 3.65. The molecule has 2 heterocycles. The number of aryl methyl sites for hydroxylation is 1. The van der Waals surface area contributed by atoms with Crippen LogP contribution in [0.15, 0.2) is 35.1 Å². The minimum Gasteiger partial charge on any atom is -0.337 e. The summed E-state index contributed by atoms with van der Waals surface area (Å²) >= 11 is 0. The van der Waals surface area contributed by atoms with E-state index in [2.05, 4.69) is 20.3 Å². The van der Waals surface area contributed by atoms with E-state index >= 15 is 0 Å². The second-order valence-electron chi connectivity index (χ2n) is 4.99. The first-order valence-electron chi connectivity index (χ1n) is 6.73. The van der Waals surface area contributed by atoms with Gasteiger partial charge in [-0.1, -0.05) is 0 Å². The summed E-state index contributed by atoms with van der Waals surface area (Å²) in [6.07, 6.45) is -2.70. The lowest BCUT2D eigenvalue weighted by molar-refractivity contribution is 0.102. The standard InChI is InChI=1S/C15H12F2N4O2/c1-7-2-4-9(14(22)18-7)15(23)19-8-3-5-10-11(6-8)21-13(20-10)12(16)17/h2-6,12H,1H3,(H,18,22)(H,19,23)(H,20,21). The van der Waals surface area contributed by atoms with Gasteiger partial charge in [0.2, 0.25) is 0 Å². The molecule has 1 aromatic carbocycles. The largest absolute Gasteiger partial charge is 0.337 e. The van der Waals surface area contributed by atoms with Gasteiger partial charge in [0, 0.05) is 11.4 Å². The summed E-state index contributed by atoms with van der Waals surface area (Å²) in [6.45, 7) is 1.70. The Balaban J connectivity index is 1.88. The summed E-state index contributed by atoms with van der Waals surface area (Å²) in [7, 11) is 0. The van der Waals surface area contributed by atoms with Crippen LogP contribution in [0.25, 0.3) is 11.0 Å². The van der Waals surface area contributed by atoms with Gasteiger partial charge < -0.3 is 15.3 Å². The fraction of sp³-hybridized carbons (Fsp3) is 0.133. The number of carbonyl (C=O) groups is 1. The maximum Gasteiger partial charge on any atom is 0.295 e. The Hall–Kier alpha value is -3.03. The number of hydrogen-bond donors (Lipinski definition) is 3. The lowest BCUT2D eigenvalue weighted by Crippen LogP contribution is -2.23. The van der Waals surface area contributed by atoms with Gasteiger partial charge in [0.15, 0.2) is 5.82 Å². The van der Waals surface area contributed by atoms with E-state index in [1.54, 1.807) is 13.0 Å². The Morgan fingerprint density at radius 3 is 2.70 bits per heavy atom. The van der Waals surface area contributed by atoms with Crippen molar-refractivity contribution in [2.75, 3.05) is 5.32 Å². The van der Waals surface area contributed by atoms with Gasteiger partial charge in [-0.2, -0.15) is 0 Å². The molecule has 0 aliphatic rings. The minimum absolute atomic E-state index is 0.0337. The van der Waals surface area contributed by atoms with Gasteiger partial charge in [0.25, 0.3) is 17.9 Å². The number of pyridine rings is 1. The van der Waals surface area contributed by atoms with Gasteiger partial charge in [-0.05, 0) is 37.3 Å². The van der Waals surface area contributed by atoms with Crippen LogP contribution < -0.4 is 10.9 Å². The van der Waals surface area contributed by atoms with Crippen LogP contribution >= 0.6 is 0 Å². The maximum absolute atomic E-state index is 12.6. The molecule has 0 bridgehead atoms. The van der Waals surface area contributed by atoms with E-state index in [1.807, 2.05) is 0 Å². The van der Waals surface area contributed by atoms with Crippen LogP contribution in [0.1, 0.15) is 28.3 Å². The van der Waals surface area contributed by atoms with Crippen molar-refractivity contribution < 1.29 is 13.6 Å². The highest BCUT2D eigenvalue weighted by Crippen LogP contribution is 2.22. The zero-order valence-electron chi connectivity index (χ0n) is 12.0. The van der Waals surface area contributed by atoms with E-state index in [4.69, 9.17) is 0 Å². The average molecular weight is 318 g/mol. The zero-order valence-corrected chi connectivity index (χ0v) is 12.0. The van der Waals surface area contributed by atoms with Crippen LogP contribution in [0.5, 0.6) is 0 Å². The number of nitrogens with zero attached hydrogens (tertiary/aromatic N) is 1. The number of halogens is 2. The number of rotatable bonds is 3. The molecule has 0 unspecified atom stereocenters. The molecule has 0 fully saturated rings. The Bertz CT molecular complexity index is 946. The lowest BCUT2D eigenvalue weighted by atomic mass is 10.2. The van der Waals surface area contributed by atoms with E-state index in [0.29, 0.717) is 22.4 Å². The molecule has 0 aliphatic heterocycles. The fourth-order valence-corrected chi connectivity index (χ4v) is 2.16. The number of nitrogens with one attached hydrogen (secondary N) is 3. The third-order valence-corrected chi connectivity index (χ3v) is 3.26. The molecule has 3 aromatic rings. The zero-order chi connectivity index (χ0) is 16.6. The topological polar surface area (TPSA) is 90.6 Å². The molecule has 0 spiro atoms. The predicted molar refractivity (Wildman–Crippen MR) is 80.8 cm³/mol. The number of carbonyl (C=O) groups excluding carboxylic acids is 1. The van der Waals surface area contributed by atoms with E-state index in [1.165, 1.54) is 24.3 Å². The summed E-state index contributed by atoms with van der Waals surface area (Å²) in [5, 5.41) is 2.55. The van der Waals surface area contributed by atoms with Crippen LogP contribution in [0.4, 0.5) is 14.5 Å². The first kappa shape index (κ1) is 14.9. The number of amides is 1.